The molecule has 6 nitrogen and oxygen atoms in total. The third-order valence-corrected chi connectivity index (χ3v) is 7.60. The van der Waals surface area contributed by atoms with Crippen molar-refractivity contribution in [1.82, 2.24) is 15.1 Å². The van der Waals surface area contributed by atoms with Gasteiger partial charge in [0.05, 0.1) is 13.2 Å². The van der Waals surface area contributed by atoms with Crippen molar-refractivity contribution >= 4 is 5.96 Å². The molecule has 0 atom stereocenters. The molecule has 3 aliphatic rings. The number of piperazine rings is 1. The van der Waals surface area contributed by atoms with Gasteiger partial charge in [0.25, 0.3) is 0 Å². The van der Waals surface area contributed by atoms with E-state index in [1.165, 1.54) is 25.7 Å². The fourth-order valence-corrected chi connectivity index (χ4v) is 5.27. The molecule has 0 radical (unpaired) electrons. The maximum absolute atomic E-state index is 9.96. The summed E-state index contributed by atoms with van der Waals surface area (Å²) in [5, 5.41) is 13.5. The van der Waals surface area contributed by atoms with Crippen molar-refractivity contribution in [1.29, 1.82) is 0 Å². The third-order valence-electron chi connectivity index (χ3n) is 7.60. The molecule has 0 spiro atoms. The van der Waals surface area contributed by atoms with Gasteiger partial charge in [-0.3, -0.25) is 9.89 Å². The summed E-state index contributed by atoms with van der Waals surface area (Å²) in [7, 11) is 0. The minimum Gasteiger partial charge on any atom is -0.396 e. The lowest BCUT2D eigenvalue weighted by atomic mass is 9.79. The van der Waals surface area contributed by atoms with Crippen LogP contribution in [-0.2, 0) is 4.74 Å². The molecule has 0 unspecified atom stereocenters. The molecule has 0 aromatic carbocycles. The zero-order valence-corrected chi connectivity index (χ0v) is 19.0. The molecule has 0 amide bonds. The van der Waals surface area contributed by atoms with E-state index in [1.54, 1.807) is 0 Å². The molecule has 3 rings (SSSR count). The first-order valence-corrected chi connectivity index (χ1v) is 12.0. The van der Waals surface area contributed by atoms with Gasteiger partial charge in [-0.05, 0) is 57.3 Å². The Hall–Kier alpha value is -0.850. The fraction of sp³-hybridized carbons (Fsp3) is 0.957. The lowest BCUT2D eigenvalue weighted by Gasteiger charge is -2.43. The molecule has 6 heteroatoms. The van der Waals surface area contributed by atoms with Crippen LogP contribution in [-0.4, -0.2) is 86.0 Å². The van der Waals surface area contributed by atoms with Crippen molar-refractivity contribution in [2.75, 3.05) is 59.1 Å². The van der Waals surface area contributed by atoms with E-state index in [0.29, 0.717) is 6.54 Å². The summed E-state index contributed by atoms with van der Waals surface area (Å²) in [4.78, 5) is 10.1. The first-order valence-electron chi connectivity index (χ1n) is 12.0. The van der Waals surface area contributed by atoms with Crippen molar-refractivity contribution in [3.8, 4) is 0 Å². The SMILES string of the molecule is CCNC(=NCC1(CO)CCOCC1)N1CCN(C2CCC(C(C)C)CC2)CC1. The highest BCUT2D eigenvalue weighted by molar-refractivity contribution is 5.80. The summed E-state index contributed by atoms with van der Waals surface area (Å²) in [5.74, 6) is 2.80. The van der Waals surface area contributed by atoms with Crippen LogP contribution in [0.25, 0.3) is 0 Å². The van der Waals surface area contributed by atoms with Crippen LogP contribution in [0.3, 0.4) is 0 Å². The highest BCUT2D eigenvalue weighted by Crippen LogP contribution is 2.33. The van der Waals surface area contributed by atoms with Crippen LogP contribution in [0, 0.1) is 17.3 Å². The van der Waals surface area contributed by atoms with Crippen molar-refractivity contribution in [2.45, 2.75) is 65.3 Å². The summed E-state index contributed by atoms with van der Waals surface area (Å²) < 4.78 is 5.50. The summed E-state index contributed by atoms with van der Waals surface area (Å²) >= 11 is 0. The Morgan fingerprint density at radius 2 is 1.76 bits per heavy atom. The van der Waals surface area contributed by atoms with Gasteiger partial charge < -0.3 is 20.1 Å². The Balaban J connectivity index is 1.51. The summed E-state index contributed by atoms with van der Waals surface area (Å²) in [6.07, 6.45) is 7.36. The number of rotatable bonds is 6. The molecule has 0 bridgehead atoms. The molecule has 168 valence electrons. The van der Waals surface area contributed by atoms with E-state index >= 15 is 0 Å². The maximum Gasteiger partial charge on any atom is 0.194 e. The van der Waals surface area contributed by atoms with Gasteiger partial charge in [0.1, 0.15) is 0 Å². The highest BCUT2D eigenvalue weighted by atomic mass is 16.5. The van der Waals surface area contributed by atoms with Crippen molar-refractivity contribution in [2.24, 2.45) is 22.2 Å². The standard InChI is InChI=1S/C23H44N4O2/c1-4-24-22(25-17-23(18-28)9-15-29-16-10-23)27-13-11-26(12-14-27)21-7-5-20(6-8-21)19(2)3/h19-21,28H,4-18H2,1-3H3,(H,24,25). The summed E-state index contributed by atoms with van der Waals surface area (Å²) in [6, 6.07) is 0.784. The van der Waals surface area contributed by atoms with Crippen molar-refractivity contribution in [3.63, 3.8) is 0 Å². The van der Waals surface area contributed by atoms with Crippen molar-refractivity contribution in [3.05, 3.63) is 0 Å². The number of guanidine groups is 1. The van der Waals surface area contributed by atoms with Crippen LogP contribution in [0.2, 0.25) is 0 Å². The van der Waals surface area contributed by atoms with Crippen LogP contribution in [0.1, 0.15) is 59.3 Å². The topological polar surface area (TPSA) is 60.3 Å². The lowest BCUT2D eigenvalue weighted by molar-refractivity contribution is -0.0107. The molecule has 2 N–H and O–H groups in total. The predicted molar refractivity (Wildman–Crippen MR) is 119 cm³/mol. The number of hydrogen-bond acceptors (Lipinski definition) is 4. The minimum atomic E-state index is -0.101. The molecular formula is C23H44N4O2. The van der Waals surface area contributed by atoms with Gasteiger partial charge in [0.2, 0.25) is 0 Å². The van der Waals surface area contributed by atoms with E-state index in [-0.39, 0.29) is 12.0 Å². The van der Waals surface area contributed by atoms with Crippen LogP contribution >= 0.6 is 0 Å². The maximum atomic E-state index is 9.96. The van der Waals surface area contributed by atoms with E-state index in [1.807, 2.05) is 0 Å². The van der Waals surface area contributed by atoms with Crippen LogP contribution in [0.4, 0.5) is 0 Å². The van der Waals surface area contributed by atoms with Gasteiger partial charge in [0, 0.05) is 57.4 Å². The number of aliphatic imine (C=N–C) groups is 1. The van der Waals surface area contributed by atoms with Gasteiger partial charge in [-0.1, -0.05) is 13.8 Å². The summed E-state index contributed by atoms with van der Waals surface area (Å²) in [6.45, 7) is 14.5. The Morgan fingerprint density at radius 3 is 2.31 bits per heavy atom. The second-order valence-corrected chi connectivity index (χ2v) is 9.78. The third kappa shape index (κ3) is 6.08. The average Bonchev–Trinajstić information content (AvgIpc) is 2.77. The zero-order valence-electron chi connectivity index (χ0n) is 19.0. The molecule has 0 aromatic heterocycles. The molecule has 2 saturated heterocycles. The first-order chi connectivity index (χ1) is 14.1. The second kappa shape index (κ2) is 11.0. The molecule has 3 fully saturated rings. The van der Waals surface area contributed by atoms with Gasteiger partial charge >= 0.3 is 0 Å². The Labute approximate surface area is 178 Å². The number of aliphatic hydroxyl groups is 1. The predicted octanol–water partition coefficient (Wildman–Crippen LogP) is 2.57. The van der Waals surface area contributed by atoms with Crippen LogP contribution in [0.15, 0.2) is 4.99 Å². The Kier molecular flexibility index (Phi) is 8.63. The monoisotopic (exact) mass is 408 g/mol. The quantitative estimate of drug-likeness (QED) is 0.523. The lowest BCUT2D eigenvalue weighted by Crippen LogP contribution is -2.55. The fourth-order valence-electron chi connectivity index (χ4n) is 5.27. The number of nitrogens with one attached hydrogen (secondary N) is 1. The molecule has 29 heavy (non-hydrogen) atoms. The zero-order chi connectivity index (χ0) is 20.7. The molecule has 2 aliphatic heterocycles. The number of hydrogen-bond donors (Lipinski definition) is 2. The molecule has 0 aromatic rings. The van der Waals surface area contributed by atoms with E-state index in [9.17, 15) is 5.11 Å². The first kappa shape index (κ1) is 22.8. The number of nitrogens with zero attached hydrogens (tertiary/aromatic N) is 3. The van der Waals surface area contributed by atoms with Crippen LogP contribution in [0.5, 0.6) is 0 Å². The van der Waals surface area contributed by atoms with E-state index < -0.39 is 0 Å². The average molecular weight is 409 g/mol. The molecule has 1 saturated carbocycles. The normalized spacial score (nSPS) is 29.3. The molecule has 1 aliphatic carbocycles. The van der Waals surface area contributed by atoms with E-state index in [0.717, 1.165) is 82.6 Å². The Bertz CT molecular complexity index is 503. The van der Waals surface area contributed by atoms with Gasteiger partial charge in [0.15, 0.2) is 5.96 Å². The Morgan fingerprint density at radius 1 is 1.10 bits per heavy atom. The van der Waals surface area contributed by atoms with Gasteiger partial charge in [-0.15, -0.1) is 0 Å². The van der Waals surface area contributed by atoms with E-state index in [4.69, 9.17) is 9.73 Å². The van der Waals surface area contributed by atoms with Gasteiger partial charge in [-0.2, -0.15) is 0 Å². The molecule has 2 heterocycles. The highest BCUT2D eigenvalue weighted by Gasteiger charge is 2.33. The van der Waals surface area contributed by atoms with Gasteiger partial charge in [-0.25, -0.2) is 0 Å². The van der Waals surface area contributed by atoms with Crippen LogP contribution < -0.4 is 5.32 Å². The van der Waals surface area contributed by atoms with Crippen molar-refractivity contribution < 1.29 is 9.84 Å². The molecular weight excluding hydrogens is 364 g/mol. The van der Waals surface area contributed by atoms with E-state index in [2.05, 4.69) is 35.9 Å². The largest absolute Gasteiger partial charge is 0.396 e. The summed E-state index contributed by atoms with van der Waals surface area (Å²) in [5.41, 5.74) is -0.101. The second-order valence-electron chi connectivity index (χ2n) is 9.78. The smallest absolute Gasteiger partial charge is 0.194 e. The number of ether oxygens (including phenoxy) is 1. The minimum absolute atomic E-state index is 0.101. The number of aliphatic hydroxyl groups excluding tert-OH is 1.